The molecule has 0 aromatic heterocycles. The van der Waals surface area contributed by atoms with E-state index in [2.05, 4.69) is 4.90 Å². The second-order valence-electron chi connectivity index (χ2n) is 3.66. The van der Waals surface area contributed by atoms with Crippen molar-refractivity contribution in [3.05, 3.63) is 0 Å². The summed E-state index contributed by atoms with van der Waals surface area (Å²) in [6.07, 6.45) is 3.97. The Morgan fingerprint density at radius 3 is 2.90 bits per heavy atom. The predicted molar refractivity (Wildman–Crippen MR) is 41.8 cm³/mol. The lowest BCUT2D eigenvalue weighted by Gasteiger charge is -2.41. The summed E-state index contributed by atoms with van der Waals surface area (Å²) in [7, 11) is 0. The van der Waals surface area contributed by atoms with E-state index < -0.39 is 0 Å². The van der Waals surface area contributed by atoms with Gasteiger partial charge < -0.3 is 10.6 Å². The van der Waals surface area contributed by atoms with E-state index in [4.69, 9.17) is 5.73 Å². The average molecular weight is 140 g/mol. The predicted octanol–water partition coefficient (Wildman–Crippen LogP) is 0.429. The lowest BCUT2D eigenvalue weighted by molar-refractivity contribution is 0.107. The summed E-state index contributed by atoms with van der Waals surface area (Å²) in [5, 5.41) is 0. The smallest absolute Gasteiger partial charge is 0.00915 e. The molecule has 0 amide bonds. The molecule has 2 rings (SSSR count). The van der Waals surface area contributed by atoms with Crippen LogP contribution in [0.2, 0.25) is 0 Å². The molecule has 3 atom stereocenters. The van der Waals surface area contributed by atoms with Crippen molar-refractivity contribution < 1.29 is 0 Å². The summed E-state index contributed by atoms with van der Waals surface area (Å²) in [4.78, 5) is 2.55. The van der Waals surface area contributed by atoms with Crippen LogP contribution in [-0.2, 0) is 0 Å². The quantitative estimate of drug-likeness (QED) is 0.528. The average Bonchev–Trinajstić information content (AvgIpc) is 1.99. The normalized spacial score (nSPS) is 47.1. The van der Waals surface area contributed by atoms with Gasteiger partial charge >= 0.3 is 0 Å². The first-order valence-corrected chi connectivity index (χ1v) is 4.34. The van der Waals surface area contributed by atoms with E-state index in [1.165, 1.54) is 38.9 Å². The first-order valence-electron chi connectivity index (χ1n) is 4.34. The van der Waals surface area contributed by atoms with Gasteiger partial charge in [-0.25, -0.2) is 0 Å². The molecule has 0 radical (unpaired) electrons. The lowest BCUT2D eigenvalue weighted by atomic mass is 9.86. The van der Waals surface area contributed by atoms with E-state index in [9.17, 15) is 0 Å². The summed E-state index contributed by atoms with van der Waals surface area (Å²) in [5.41, 5.74) is 5.96. The molecule has 0 aromatic rings. The van der Waals surface area contributed by atoms with Crippen molar-refractivity contribution in [2.75, 3.05) is 19.6 Å². The summed E-state index contributed by atoms with van der Waals surface area (Å²) >= 11 is 0. The standard InChI is InChI=1S/C8H16N2/c9-8-3-5-10-4-1-2-7(8)6-10/h7-8H,1-6,9H2/t7-,8-/m1/s1. The molecule has 1 unspecified atom stereocenters. The number of hydrogen-bond donors (Lipinski definition) is 1. The maximum absolute atomic E-state index is 5.96. The third-order valence-electron chi connectivity index (χ3n) is 2.93. The van der Waals surface area contributed by atoms with Crippen molar-refractivity contribution in [2.24, 2.45) is 11.7 Å². The van der Waals surface area contributed by atoms with Crippen LogP contribution in [0.15, 0.2) is 0 Å². The molecule has 2 aliphatic rings. The van der Waals surface area contributed by atoms with Crippen molar-refractivity contribution in [2.45, 2.75) is 25.3 Å². The van der Waals surface area contributed by atoms with Crippen LogP contribution in [0.25, 0.3) is 0 Å². The molecule has 2 saturated heterocycles. The first-order chi connectivity index (χ1) is 4.86. The number of rotatable bonds is 0. The zero-order valence-electron chi connectivity index (χ0n) is 6.42. The van der Waals surface area contributed by atoms with E-state index >= 15 is 0 Å². The van der Waals surface area contributed by atoms with Gasteiger partial charge in [-0.15, -0.1) is 0 Å². The van der Waals surface area contributed by atoms with Crippen LogP contribution in [0.5, 0.6) is 0 Å². The van der Waals surface area contributed by atoms with E-state index in [0.717, 1.165) is 5.92 Å². The molecule has 0 aliphatic carbocycles. The van der Waals surface area contributed by atoms with Crippen molar-refractivity contribution >= 4 is 0 Å². The Hall–Kier alpha value is -0.0800. The summed E-state index contributed by atoms with van der Waals surface area (Å²) in [5.74, 6) is 0.822. The largest absolute Gasteiger partial charge is 0.327 e. The minimum atomic E-state index is 0.511. The second kappa shape index (κ2) is 2.51. The summed E-state index contributed by atoms with van der Waals surface area (Å²) in [6, 6.07) is 0.511. The van der Waals surface area contributed by atoms with Gasteiger partial charge in [0.15, 0.2) is 0 Å². The van der Waals surface area contributed by atoms with Gasteiger partial charge in [-0.1, -0.05) is 0 Å². The SMILES string of the molecule is N[C@@H]1CCN2CCC[C@@H]1C2. The zero-order chi connectivity index (χ0) is 6.97. The molecular formula is C8H16N2. The highest BCUT2D eigenvalue weighted by molar-refractivity contribution is 4.86. The molecule has 0 saturated carbocycles. The van der Waals surface area contributed by atoms with Crippen LogP contribution in [0.4, 0.5) is 0 Å². The minimum absolute atomic E-state index is 0.511. The van der Waals surface area contributed by atoms with Gasteiger partial charge in [0.2, 0.25) is 0 Å². The Bertz CT molecular complexity index is 122. The van der Waals surface area contributed by atoms with Crippen LogP contribution < -0.4 is 5.73 Å². The van der Waals surface area contributed by atoms with Crippen molar-refractivity contribution in [1.29, 1.82) is 0 Å². The molecular weight excluding hydrogens is 124 g/mol. The molecule has 2 N–H and O–H groups in total. The van der Waals surface area contributed by atoms with Crippen LogP contribution in [0.1, 0.15) is 19.3 Å². The fraction of sp³-hybridized carbons (Fsp3) is 1.00. The minimum Gasteiger partial charge on any atom is -0.327 e. The molecule has 10 heavy (non-hydrogen) atoms. The Balaban J connectivity index is 2.00. The molecule has 2 fully saturated rings. The fourth-order valence-electron chi connectivity index (χ4n) is 2.21. The van der Waals surface area contributed by atoms with Crippen LogP contribution in [0.3, 0.4) is 0 Å². The molecule has 2 aliphatic heterocycles. The molecule has 0 aromatic carbocycles. The van der Waals surface area contributed by atoms with E-state index in [1.54, 1.807) is 0 Å². The van der Waals surface area contributed by atoms with Crippen molar-refractivity contribution in [3.8, 4) is 0 Å². The summed E-state index contributed by atoms with van der Waals surface area (Å²) in [6.45, 7) is 3.85. The van der Waals surface area contributed by atoms with Crippen molar-refractivity contribution in [1.82, 2.24) is 4.90 Å². The zero-order valence-corrected chi connectivity index (χ0v) is 6.42. The van der Waals surface area contributed by atoms with Gasteiger partial charge in [0.1, 0.15) is 0 Å². The molecule has 2 heterocycles. The Labute approximate surface area is 62.4 Å². The Morgan fingerprint density at radius 2 is 2.10 bits per heavy atom. The lowest BCUT2D eigenvalue weighted by Crippen LogP contribution is -2.50. The topological polar surface area (TPSA) is 29.3 Å². The first kappa shape index (κ1) is 6.62. The third-order valence-corrected chi connectivity index (χ3v) is 2.93. The van der Waals surface area contributed by atoms with E-state index in [0.29, 0.717) is 6.04 Å². The highest BCUT2D eigenvalue weighted by Crippen LogP contribution is 2.24. The fourth-order valence-corrected chi connectivity index (χ4v) is 2.21. The third kappa shape index (κ3) is 1.06. The second-order valence-corrected chi connectivity index (χ2v) is 3.66. The van der Waals surface area contributed by atoms with Crippen LogP contribution >= 0.6 is 0 Å². The molecule has 2 bridgehead atoms. The molecule has 2 heteroatoms. The van der Waals surface area contributed by atoms with Gasteiger partial charge in [0, 0.05) is 12.6 Å². The van der Waals surface area contributed by atoms with Crippen LogP contribution in [0, 0.1) is 5.92 Å². The van der Waals surface area contributed by atoms with Crippen molar-refractivity contribution in [3.63, 3.8) is 0 Å². The van der Waals surface area contributed by atoms with Gasteiger partial charge in [0.25, 0.3) is 0 Å². The maximum atomic E-state index is 5.96. The number of fused-ring (bicyclic) bond motifs is 2. The number of hydrogen-bond acceptors (Lipinski definition) is 2. The van der Waals surface area contributed by atoms with Gasteiger partial charge in [-0.05, 0) is 38.3 Å². The molecule has 2 nitrogen and oxygen atoms in total. The van der Waals surface area contributed by atoms with E-state index in [1.807, 2.05) is 0 Å². The number of nitrogens with two attached hydrogens (primary N) is 1. The summed E-state index contributed by atoms with van der Waals surface area (Å²) < 4.78 is 0. The Kier molecular flexibility index (Phi) is 1.66. The van der Waals surface area contributed by atoms with Crippen LogP contribution in [-0.4, -0.2) is 30.6 Å². The monoisotopic (exact) mass is 140 g/mol. The Morgan fingerprint density at radius 1 is 1.20 bits per heavy atom. The molecule has 58 valence electrons. The van der Waals surface area contributed by atoms with Gasteiger partial charge in [-0.3, -0.25) is 0 Å². The highest BCUT2D eigenvalue weighted by Gasteiger charge is 2.29. The van der Waals surface area contributed by atoms with E-state index in [-0.39, 0.29) is 0 Å². The highest BCUT2D eigenvalue weighted by atomic mass is 15.1. The maximum Gasteiger partial charge on any atom is 0.00915 e. The van der Waals surface area contributed by atoms with Gasteiger partial charge in [-0.2, -0.15) is 0 Å². The molecule has 0 spiro atoms. The van der Waals surface area contributed by atoms with Gasteiger partial charge in [0.05, 0.1) is 0 Å². The number of nitrogens with zero attached hydrogens (tertiary/aromatic N) is 1. The number of piperidine rings is 2.